The largest absolute Gasteiger partial charge is 0.480 e. The number of nitrogens with two attached hydrogens (primary N) is 1. The summed E-state index contributed by atoms with van der Waals surface area (Å²) in [6.45, 7) is -0.878. The van der Waals surface area contributed by atoms with Crippen LogP contribution in [0.4, 0.5) is 5.82 Å². The van der Waals surface area contributed by atoms with Gasteiger partial charge >= 0.3 is 5.97 Å². The van der Waals surface area contributed by atoms with Gasteiger partial charge in [-0.2, -0.15) is 4.31 Å². The van der Waals surface area contributed by atoms with Crippen molar-refractivity contribution >= 4 is 75.0 Å². The minimum absolute atomic E-state index is 0. The third kappa shape index (κ3) is 6.17. The highest BCUT2D eigenvalue weighted by molar-refractivity contribution is 7.89. The molecule has 10 nitrogen and oxygen atoms in total. The van der Waals surface area contributed by atoms with Gasteiger partial charge in [0.05, 0.1) is 9.92 Å². The van der Waals surface area contributed by atoms with E-state index >= 15 is 0 Å². The molecule has 3 aromatic rings. The summed E-state index contributed by atoms with van der Waals surface area (Å²) in [6.07, 6.45) is 4.33. The number of carbonyl (C=O) groups is 1. The number of fused-ring (bicyclic) bond motifs is 1. The molecule has 0 amide bonds. The summed E-state index contributed by atoms with van der Waals surface area (Å²) in [4.78, 5) is 19.1. The summed E-state index contributed by atoms with van der Waals surface area (Å²) >= 11 is 6.15. The first kappa shape index (κ1) is 27.3. The predicted molar refractivity (Wildman–Crippen MR) is 126 cm³/mol. The average molecular weight is 522 g/mol. The molecule has 0 aliphatic carbocycles. The Labute approximate surface area is 201 Å². The summed E-state index contributed by atoms with van der Waals surface area (Å²) in [5.74, 6) is -1.53. The number of aliphatic carboxylic acids is 1. The van der Waals surface area contributed by atoms with Crippen LogP contribution in [0.2, 0.25) is 5.02 Å². The number of aromatic nitrogens is 2. The number of halogens is 3. The van der Waals surface area contributed by atoms with Crippen LogP contribution in [-0.2, 0) is 21.4 Å². The molecule has 0 aliphatic rings. The number of carboxylic acid groups (broad SMARTS) is 1. The Morgan fingerprint density at radius 3 is 2.44 bits per heavy atom. The zero-order valence-electron chi connectivity index (χ0n) is 16.2. The Kier molecular flexibility index (Phi) is 9.61. The number of rotatable bonds is 7. The first-order valence-electron chi connectivity index (χ1n) is 8.48. The van der Waals surface area contributed by atoms with Crippen LogP contribution >= 0.6 is 36.4 Å². The summed E-state index contributed by atoms with van der Waals surface area (Å²) in [5, 5.41) is 20.3. The zero-order valence-corrected chi connectivity index (χ0v) is 19.4. The van der Waals surface area contributed by atoms with E-state index in [2.05, 4.69) is 15.3 Å². The lowest BCUT2D eigenvalue weighted by molar-refractivity contribution is -0.137. The lowest BCUT2D eigenvalue weighted by Crippen LogP contribution is -2.35. The fourth-order valence-corrected chi connectivity index (χ4v) is 4.41. The lowest BCUT2D eigenvalue weighted by Gasteiger charge is -2.21. The van der Waals surface area contributed by atoms with Gasteiger partial charge in [0, 0.05) is 35.9 Å². The highest BCUT2D eigenvalue weighted by atomic mass is 35.5. The van der Waals surface area contributed by atoms with E-state index in [0.717, 1.165) is 4.31 Å². The van der Waals surface area contributed by atoms with E-state index in [1.165, 1.54) is 36.8 Å². The first-order chi connectivity index (χ1) is 14.2. The van der Waals surface area contributed by atoms with Crippen molar-refractivity contribution in [3.8, 4) is 0 Å². The van der Waals surface area contributed by atoms with E-state index in [1.807, 2.05) is 0 Å². The number of nitrogens with one attached hydrogen (secondary N) is 2. The minimum Gasteiger partial charge on any atom is -0.480 e. The maximum atomic E-state index is 13.2. The predicted octanol–water partition coefficient (Wildman–Crippen LogP) is 2.71. The van der Waals surface area contributed by atoms with E-state index in [9.17, 15) is 18.3 Å². The van der Waals surface area contributed by atoms with Crippen molar-refractivity contribution in [2.75, 3.05) is 11.9 Å². The number of benzene rings is 1. The third-order valence-corrected chi connectivity index (χ3v) is 6.21. The van der Waals surface area contributed by atoms with Crippen molar-refractivity contribution in [3.05, 3.63) is 59.5 Å². The van der Waals surface area contributed by atoms with Crippen molar-refractivity contribution in [2.24, 2.45) is 5.73 Å². The van der Waals surface area contributed by atoms with Crippen LogP contribution in [0, 0.1) is 5.41 Å². The molecule has 172 valence electrons. The minimum atomic E-state index is -4.20. The molecule has 0 saturated carbocycles. The van der Waals surface area contributed by atoms with Gasteiger partial charge in [0.2, 0.25) is 10.0 Å². The second-order valence-corrected chi connectivity index (χ2v) is 8.57. The van der Waals surface area contributed by atoms with Crippen LogP contribution in [-0.4, -0.2) is 46.3 Å². The Hall–Kier alpha value is -2.70. The number of hydrogen-bond donors (Lipinski definition) is 4. The lowest BCUT2D eigenvalue weighted by atomic mass is 10.1. The van der Waals surface area contributed by atoms with Gasteiger partial charge in [-0.05, 0) is 29.8 Å². The van der Waals surface area contributed by atoms with Crippen LogP contribution in [0.3, 0.4) is 0 Å². The molecule has 0 bridgehead atoms. The highest BCUT2D eigenvalue weighted by Crippen LogP contribution is 2.31. The van der Waals surface area contributed by atoms with Gasteiger partial charge in [-0.1, -0.05) is 17.7 Å². The Morgan fingerprint density at radius 2 is 1.84 bits per heavy atom. The SMILES string of the molecule is Cl.Cl.N=C(N)Nc1ncc(Cl)c2ccc(S(=O)(=O)N(CC(=O)O)Cc3ccncc3)cc12. The van der Waals surface area contributed by atoms with Gasteiger partial charge in [0.1, 0.15) is 12.4 Å². The summed E-state index contributed by atoms with van der Waals surface area (Å²) < 4.78 is 27.3. The number of nitrogens with zero attached hydrogens (tertiary/aromatic N) is 3. The molecule has 0 unspecified atom stereocenters. The van der Waals surface area contributed by atoms with Crippen molar-refractivity contribution in [3.63, 3.8) is 0 Å². The van der Waals surface area contributed by atoms with E-state index in [1.54, 1.807) is 12.1 Å². The molecule has 0 spiro atoms. The molecule has 0 radical (unpaired) electrons. The van der Waals surface area contributed by atoms with Crippen LogP contribution in [0.5, 0.6) is 0 Å². The number of hydrogen-bond acceptors (Lipinski definition) is 6. The fourth-order valence-electron chi connectivity index (χ4n) is 2.79. The van der Waals surface area contributed by atoms with Gasteiger partial charge in [-0.25, -0.2) is 13.4 Å². The Balaban J connectivity index is 0.00000256. The molecule has 0 atom stereocenters. The van der Waals surface area contributed by atoms with E-state index in [0.29, 0.717) is 16.3 Å². The average Bonchev–Trinajstić information content (AvgIpc) is 2.69. The zero-order chi connectivity index (χ0) is 21.9. The molecule has 0 fully saturated rings. The van der Waals surface area contributed by atoms with Crippen LogP contribution in [0.25, 0.3) is 10.8 Å². The molecule has 14 heteroatoms. The smallest absolute Gasteiger partial charge is 0.318 e. The van der Waals surface area contributed by atoms with E-state index in [-0.39, 0.29) is 53.1 Å². The standard InChI is InChI=1S/C18H17ClN6O4S.2ClH/c19-15-8-23-17(24-18(20)21)14-7-12(1-2-13(14)15)30(28,29)25(10-16(26)27)9-11-3-5-22-6-4-11;;/h1-8H,9-10H2,(H,26,27)(H4,20,21,23,24);2*1H. The molecular weight excluding hydrogens is 503 g/mol. The van der Waals surface area contributed by atoms with Crippen molar-refractivity contribution in [1.82, 2.24) is 14.3 Å². The molecule has 32 heavy (non-hydrogen) atoms. The second kappa shape index (κ2) is 11.2. The van der Waals surface area contributed by atoms with Gasteiger partial charge < -0.3 is 16.2 Å². The summed E-state index contributed by atoms with van der Waals surface area (Å²) in [7, 11) is -4.20. The molecule has 2 aromatic heterocycles. The van der Waals surface area contributed by atoms with E-state index in [4.69, 9.17) is 22.7 Å². The van der Waals surface area contributed by atoms with Gasteiger partial charge in [-0.3, -0.25) is 15.2 Å². The number of pyridine rings is 2. The molecular formula is C18H19Cl3N6O4S. The maximum Gasteiger partial charge on any atom is 0.318 e. The third-order valence-electron chi connectivity index (χ3n) is 4.12. The topological polar surface area (TPSA) is 162 Å². The monoisotopic (exact) mass is 520 g/mol. The second-order valence-electron chi connectivity index (χ2n) is 6.22. The van der Waals surface area contributed by atoms with Crippen LogP contribution < -0.4 is 11.1 Å². The van der Waals surface area contributed by atoms with E-state index < -0.39 is 22.5 Å². The Morgan fingerprint density at radius 1 is 1.19 bits per heavy atom. The van der Waals surface area contributed by atoms with Crippen molar-refractivity contribution in [2.45, 2.75) is 11.4 Å². The van der Waals surface area contributed by atoms with Gasteiger partial charge in [0.25, 0.3) is 0 Å². The number of sulfonamides is 1. The number of guanidine groups is 1. The molecule has 1 aromatic carbocycles. The Bertz CT molecular complexity index is 1230. The molecule has 5 N–H and O–H groups in total. The fraction of sp³-hybridized carbons (Fsp3) is 0.111. The molecule has 0 saturated heterocycles. The highest BCUT2D eigenvalue weighted by Gasteiger charge is 2.27. The van der Waals surface area contributed by atoms with Crippen molar-refractivity contribution in [1.29, 1.82) is 5.41 Å². The normalized spacial score (nSPS) is 10.8. The quantitative estimate of drug-likeness (QED) is 0.272. The van der Waals surface area contributed by atoms with Crippen molar-refractivity contribution < 1.29 is 18.3 Å². The maximum absolute atomic E-state index is 13.2. The summed E-state index contributed by atoms with van der Waals surface area (Å²) in [6, 6.07) is 7.34. The molecule has 3 rings (SSSR count). The van der Waals surface area contributed by atoms with Gasteiger partial charge in [0.15, 0.2) is 5.96 Å². The first-order valence-corrected chi connectivity index (χ1v) is 10.3. The van der Waals surface area contributed by atoms with Crippen LogP contribution in [0.1, 0.15) is 5.56 Å². The summed E-state index contributed by atoms with van der Waals surface area (Å²) in [5.41, 5.74) is 5.95. The van der Waals surface area contributed by atoms with Gasteiger partial charge in [-0.15, -0.1) is 24.8 Å². The molecule has 0 aliphatic heterocycles. The number of anilines is 1. The van der Waals surface area contributed by atoms with Crippen LogP contribution in [0.15, 0.2) is 53.8 Å². The number of carboxylic acids is 1. The molecule has 2 heterocycles.